The molecule has 2 rings (SSSR count). The van der Waals surface area contributed by atoms with Crippen LogP contribution < -0.4 is 16.2 Å². The van der Waals surface area contributed by atoms with E-state index in [0.29, 0.717) is 17.9 Å². The Labute approximate surface area is 124 Å². The van der Waals surface area contributed by atoms with Gasteiger partial charge in [0.15, 0.2) is 0 Å². The molecule has 0 aromatic heterocycles. The Hall–Kier alpha value is -1.75. The fourth-order valence-corrected chi connectivity index (χ4v) is 1.79. The van der Waals surface area contributed by atoms with E-state index in [1.807, 2.05) is 30.3 Å². The highest BCUT2D eigenvalue weighted by Gasteiger charge is 2.10. The van der Waals surface area contributed by atoms with Gasteiger partial charge in [0.25, 0.3) is 0 Å². The van der Waals surface area contributed by atoms with Crippen LogP contribution in [0.5, 0.6) is 11.5 Å². The van der Waals surface area contributed by atoms with Crippen LogP contribution in [0.15, 0.2) is 48.5 Å². The molecule has 4 nitrogen and oxygen atoms in total. The molecule has 1 atom stereocenters. The molecule has 0 heterocycles. The Balaban J connectivity index is 0.00000200. The van der Waals surface area contributed by atoms with Gasteiger partial charge < -0.3 is 21.3 Å². The van der Waals surface area contributed by atoms with E-state index in [9.17, 15) is 5.11 Å². The first kappa shape index (κ1) is 16.3. The molecule has 0 aliphatic carbocycles. The average molecular weight is 295 g/mol. The second-order valence-corrected chi connectivity index (χ2v) is 4.34. The van der Waals surface area contributed by atoms with Crippen molar-refractivity contribution in [3.8, 4) is 11.5 Å². The van der Waals surface area contributed by atoms with Crippen LogP contribution in [-0.2, 0) is 6.61 Å². The minimum atomic E-state index is -0.358. The topological polar surface area (TPSA) is 81.5 Å². The van der Waals surface area contributed by atoms with E-state index in [0.717, 1.165) is 5.56 Å². The summed E-state index contributed by atoms with van der Waals surface area (Å²) in [5.74, 6) is 0.720. The van der Waals surface area contributed by atoms with Gasteiger partial charge in [0, 0.05) is 24.2 Å². The van der Waals surface area contributed by atoms with Crippen molar-refractivity contribution >= 4 is 12.4 Å². The molecule has 108 valence electrons. The number of nitrogens with two attached hydrogens (primary N) is 2. The summed E-state index contributed by atoms with van der Waals surface area (Å²) in [6.45, 7) is 0.750. The minimum Gasteiger partial charge on any atom is -0.507 e. The highest BCUT2D eigenvalue weighted by Crippen LogP contribution is 2.27. The Morgan fingerprint density at radius 2 is 1.80 bits per heavy atom. The molecule has 0 saturated heterocycles. The summed E-state index contributed by atoms with van der Waals surface area (Å²) >= 11 is 0. The van der Waals surface area contributed by atoms with E-state index in [-0.39, 0.29) is 30.7 Å². The van der Waals surface area contributed by atoms with Crippen LogP contribution in [0.25, 0.3) is 0 Å². The maximum atomic E-state index is 9.87. The second kappa shape index (κ2) is 7.75. The Morgan fingerprint density at radius 3 is 2.40 bits per heavy atom. The van der Waals surface area contributed by atoms with Gasteiger partial charge >= 0.3 is 0 Å². The number of phenolic OH excluding ortho intramolecular Hbond substituents is 1. The molecule has 5 N–H and O–H groups in total. The minimum absolute atomic E-state index is 0. The number of benzene rings is 2. The van der Waals surface area contributed by atoms with E-state index in [2.05, 4.69) is 0 Å². The average Bonchev–Trinajstić information content (AvgIpc) is 2.45. The van der Waals surface area contributed by atoms with Crippen molar-refractivity contribution in [1.82, 2.24) is 0 Å². The van der Waals surface area contributed by atoms with Crippen LogP contribution in [0.1, 0.15) is 17.2 Å². The smallest absolute Gasteiger partial charge is 0.124 e. The summed E-state index contributed by atoms with van der Waals surface area (Å²) in [4.78, 5) is 0. The van der Waals surface area contributed by atoms with Crippen LogP contribution in [0.4, 0.5) is 0 Å². The van der Waals surface area contributed by atoms with Gasteiger partial charge in [0.1, 0.15) is 18.1 Å². The van der Waals surface area contributed by atoms with Crippen LogP contribution in [-0.4, -0.2) is 11.7 Å². The predicted octanol–water partition coefficient (Wildman–Crippen LogP) is 2.35. The molecule has 2 aromatic rings. The SMILES string of the molecule is Cl.NC[C@H](N)c1ccc(OCc2ccccc2)cc1O. The van der Waals surface area contributed by atoms with Crippen LogP contribution in [0.2, 0.25) is 0 Å². The number of halogens is 1. The molecule has 0 saturated carbocycles. The van der Waals surface area contributed by atoms with Gasteiger partial charge in [-0.2, -0.15) is 0 Å². The quantitative estimate of drug-likeness (QED) is 0.790. The highest BCUT2D eigenvalue weighted by atomic mass is 35.5. The third-order valence-corrected chi connectivity index (χ3v) is 2.90. The molecular weight excluding hydrogens is 276 g/mol. The molecule has 0 aliphatic heterocycles. The number of rotatable bonds is 5. The number of aromatic hydroxyl groups is 1. The van der Waals surface area contributed by atoms with E-state index >= 15 is 0 Å². The second-order valence-electron chi connectivity index (χ2n) is 4.34. The van der Waals surface area contributed by atoms with Crippen LogP contribution in [0, 0.1) is 0 Å². The molecule has 0 aliphatic rings. The molecule has 0 fully saturated rings. The zero-order valence-electron chi connectivity index (χ0n) is 11.0. The number of hydrogen-bond acceptors (Lipinski definition) is 4. The summed E-state index contributed by atoms with van der Waals surface area (Å²) in [5, 5.41) is 9.87. The Kier molecular flexibility index (Phi) is 6.31. The molecule has 5 heteroatoms. The summed E-state index contributed by atoms with van der Waals surface area (Å²) in [7, 11) is 0. The van der Waals surface area contributed by atoms with Gasteiger partial charge in [0.2, 0.25) is 0 Å². The van der Waals surface area contributed by atoms with E-state index in [4.69, 9.17) is 16.2 Å². The van der Waals surface area contributed by atoms with E-state index < -0.39 is 0 Å². The molecule has 0 unspecified atom stereocenters. The lowest BCUT2D eigenvalue weighted by Crippen LogP contribution is -2.20. The first-order chi connectivity index (χ1) is 9.20. The maximum absolute atomic E-state index is 9.87. The van der Waals surface area contributed by atoms with Crippen molar-refractivity contribution < 1.29 is 9.84 Å². The van der Waals surface area contributed by atoms with Crippen molar-refractivity contribution in [3.05, 3.63) is 59.7 Å². The van der Waals surface area contributed by atoms with Gasteiger partial charge in [-0.1, -0.05) is 36.4 Å². The maximum Gasteiger partial charge on any atom is 0.124 e. The standard InChI is InChI=1S/C15H18N2O2.ClH/c16-9-14(17)13-7-6-12(8-15(13)18)19-10-11-4-2-1-3-5-11;/h1-8,14,18H,9-10,16-17H2;1H/t14-;/m0./s1. The number of phenols is 1. The van der Waals surface area contributed by atoms with Crippen molar-refractivity contribution in [1.29, 1.82) is 0 Å². The van der Waals surface area contributed by atoms with E-state index in [1.165, 1.54) is 0 Å². The molecular formula is C15H19ClN2O2. The van der Waals surface area contributed by atoms with Gasteiger partial charge in [0.05, 0.1) is 0 Å². The summed E-state index contributed by atoms with van der Waals surface area (Å²) in [6, 6.07) is 14.6. The summed E-state index contributed by atoms with van der Waals surface area (Å²) in [6.07, 6.45) is 0. The zero-order valence-corrected chi connectivity index (χ0v) is 11.8. The zero-order chi connectivity index (χ0) is 13.7. The van der Waals surface area contributed by atoms with Crippen molar-refractivity contribution in [2.45, 2.75) is 12.6 Å². The van der Waals surface area contributed by atoms with Crippen molar-refractivity contribution in [3.63, 3.8) is 0 Å². The Bertz CT molecular complexity index is 535. The van der Waals surface area contributed by atoms with Crippen molar-refractivity contribution in [2.24, 2.45) is 11.5 Å². The molecule has 0 spiro atoms. The lowest BCUT2D eigenvalue weighted by molar-refractivity contribution is 0.304. The van der Waals surface area contributed by atoms with Crippen LogP contribution in [0.3, 0.4) is 0 Å². The number of ether oxygens (including phenoxy) is 1. The van der Waals surface area contributed by atoms with Gasteiger partial charge in [-0.15, -0.1) is 12.4 Å². The van der Waals surface area contributed by atoms with Gasteiger partial charge in [-0.05, 0) is 11.6 Å². The number of hydrogen-bond donors (Lipinski definition) is 3. The summed E-state index contributed by atoms with van der Waals surface area (Å²) in [5.41, 5.74) is 13.0. The third kappa shape index (κ3) is 4.13. The normalized spacial score (nSPS) is 11.5. The fourth-order valence-electron chi connectivity index (χ4n) is 1.79. The van der Waals surface area contributed by atoms with Crippen LogP contribution >= 0.6 is 12.4 Å². The largest absolute Gasteiger partial charge is 0.507 e. The summed E-state index contributed by atoms with van der Waals surface area (Å²) < 4.78 is 5.61. The first-order valence-electron chi connectivity index (χ1n) is 6.16. The Morgan fingerprint density at radius 1 is 1.10 bits per heavy atom. The first-order valence-corrected chi connectivity index (χ1v) is 6.16. The molecule has 20 heavy (non-hydrogen) atoms. The van der Waals surface area contributed by atoms with E-state index in [1.54, 1.807) is 18.2 Å². The molecule has 2 aromatic carbocycles. The van der Waals surface area contributed by atoms with Gasteiger partial charge in [-0.3, -0.25) is 0 Å². The monoisotopic (exact) mass is 294 g/mol. The third-order valence-electron chi connectivity index (χ3n) is 2.90. The lowest BCUT2D eigenvalue weighted by atomic mass is 10.1. The lowest BCUT2D eigenvalue weighted by Gasteiger charge is -2.13. The molecule has 0 bridgehead atoms. The predicted molar refractivity (Wildman–Crippen MR) is 82.1 cm³/mol. The highest BCUT2D eigenvalue weighted by molar-refractivity contribution is 5.85. The van der Waals surface area contributed by atoms with Crippen molar-refractivity contribution in [2.75, 3.05) is 6.54 Å². The van der Waals surface area contributed by atoms with Gasteiger partial charge in [-0.25, -0.2) is 0 Å². The molecule has 0 radical (unpaired) electrons. The molecule has 0 amide bonds. The fraction of sp³-hybridized carbons (Fsp3) is 0.200.